The zero-order valence-corrected chi connectivity index (χ0v) is 20.0. The summed E-state index contributed by atoms with van der Waals surface area (Å²) in [4.78, 5) is 37.7. The largest absolute Gasteiger partial charge is 0.341 e. The number of rotatable bonds is 4. The minimum atomic E-state index is -0.827. The van der Waals surface area contributed by atoms with Gasteiger partial charge in [-0.15, -0.1) is 0 Å². The highest BCUT2D eigenvalue weighted by Crippen LogP contribution is 2.41. The number of benzene rings is 1. The molecule has 6 nitrogen and oxygen atoms in total. The van der Waals surface area contributed by atoms with Crippen LogP contribution in [0.1, 0.15) is 46.6 Å². The van der Waals surface area contributed by atoms with Gasteiger partial charge < -0.3 is 9.80 Å². The van der Waals surface area contributed by atoms with E-state index in [1.54, 1.807) is 0 Å². The molecule has 2 aliphatic rings. The Labute approximate surface area is 196 Å². The lowest BCUT2D eigenvalue weighted by Crippen LogP contribution is -2.45. The second-order valence-corrected chi connectivity index (χ2v) is 10.1. The highest BCUT2D eigenvalue weighted by Gasteiger charge is 2.43. The summed E-state index contributed by atoms with van der Waals surface area (Å²) in [6.07, 6.45) is 2.30. The van der Waals surface area contributed by atoms with Crippen molar-refractivity contribution in [2.45, 2.75) is 45.2 Å². The minimum Gasteiger partial charge on any atom is -0.341 e. The van der Waals surface area contributed by atoms with E-state index in [0.29, 0.717) is 44.2 Å². The van der Waals surface area contributed by atoms with Gasteiger partial charge in [0.25, 0.3) is 5.91 Å². The van der Waals surface area contributed by atoms with Crippen LogP contribution in [0.5, 0.6) is 0 Å². The van der Waals surface area contributed by atoms with Crippen LogP contribution in [0.2, 0.25) is 0 Å². The predicted molar refractivity (Wildman–Crippen MR) is 122 cm³/mol. The Balaban J connectivity index is 1.33. The monoisotopic (exact) mass is 474 g/mol. The number of carbonyl (C=O) groups excluding carboxylic acids is 2. The van der Waals surface area contributed by atoms with Crippen LogP contribution in [-0.2, 0) is 4.79 Å². The van der Waals surface area contributed by atoms with E-state index in [0.717, 1.165) is 23.9 Å². The SMILES string of the molecule is Cc1cc(C)nc(SCC(=O)N2CCC3(CCN(C(=O)c4c(F)ccc(C)c4F)CC3)C2)n1. The molecule has 0 unspecified atom stereocenters. The molecule has 1 spiro atoms. The molecular weight excluding hydrogens is 446 g/mol. The van der Waals surface area contributed by atoms with Gasteiger partial charge in [0.1, 0.15) is 17.2 Å². The summed E-state index contributed by atoms with van der Waals surface area (Å²) in [5.74, 6) is -1.87. The van der Waals surface area contributed by atoms with E-state index >= 15 is 0 Å². The quantitative estimate of drug-likeness (QED) is 0.496. The van der Waals surface area contributed by atoms with Crippen LogP contribution in [-0.4, -0.2) is 63.5 Å². The first kappa shape index (κ1) is 23.6. The van der Waals surface area contributed by atoms with Crippen LogP contribution in [0.25, 0.3) is 0 Å². The van der Waals surface area contributed by atoms with Crippen molar-refractivity contribution in [3.8, 4) is 0 Å². The van der Waals surface area contributed by atoms with E-state index in [4.69, 9.17) is 0 Å². The van der Waals surface area contributed by atoms with Crippen LogP contribution in [0.3, 0.4) is 0 Å². The van der Waals surface area contributed by atoms with Crippen LogP contribution in [0.4, 0.5) is 8.78 Å². The first-order chi connectivity index (χ1) is 15.7. The molecule has 0 N–H and O–H groups in total. The average molecular weight is 475 g/mol. The number of aryl methyl sites for hydroxylation is 3. The molecule has 1 aromatic heterocycles. The van der Waals surface area contributed by atoms with Crippen molar-refractivity contribution >= 4 is 23.6 Å². The lowest BCUT2D eigenvalue weighted by Gasteiger charge is -2.39. The molecule has 1 aromatic carbocycles. The number of nitrogens with zero attached hydrogens (tertiary/aromatic N) is 4. The molecule has 0 aliphatic carbocycles. The molecule has 176 valence electrons. The van der Waals surface area contributed by atoms with Gasteiger partial charge in [0.2, 0.25) is 5.91 Å². The summed E-state index contributed by atoms with van der Waals surface area (Å²) in [6.45, 7) is 7.52. The Morgan fingerprint density at radius 2 is 1.61 bits per heavy atom. The maximum Gasteiger partial charge on any atom is 0.259 e. The number of thioether (sulfide) groups is 1. The van der Waals surface area contributed by atoms with E-state index < -0.39 is 23.1 Å². The van der Waals surface area contributed by atoms with Gasteiger partial charge in [-0.25, -0.2) is 18.7 Å². The van der Waals surface area contributed by atoms with Gasteiger partial charge >= 0.3 is 0 Å². The second kappa shape index (κ2) is 9.37. The van der Waals surface area contributed by atoms with Crippen molar-refractivity contribution in [3.63, 3.8) is 0 Å². The van der Waals surface area contributed by atoms with Crippen molar-refractivity contribution in [2.24, 2.45) is 5.41 Å². The first-order valence-corrected chi connectivity index (χ1v) is 12.1. The van der Waals surface area contributed by atoms with Gasteiger partial charge in [-0.1, -0.05) is 17.8 Å². The average Bonchev–Trinajstić information content (AvgIpc) is 3.18. The van der Waals surface area contributed by atoms with Crippen molar-refractivity contribution < 1.29 is 18.4 Å². The molecule has 4 rings (SSSR count). The van der Waals surface area contributed by atoms with Crippen LogP contribution < -0.4 is 0 Å². The van der Waals surface area contributed by atoms with E-state index in [-0.39, 0.29) is 22.6 Å². The third kappa shape index (κ3) is 5.03. The van der Waals surface area contributed by atoms with E-state index in [9.17, 15) is 18.4 Å². The van der Waals surface area contributed by atoms with Gasteiger partial charge in [-0.05, 0) is 63.1 Å². The smallest absolute Gasteiger partial charge is 0.259 e. The molecule has 2 fully saturated rings. The highest BCUT2D eigenvalue weighted by atomic mass is 32.2. The number of hydrogen-bond donors (Lipinski definition) is 0. The molecule has 0 atom stereocenters. The summed E-state index contributed by atoms with van der Waals surface area (Å²) in [5.41, 5.74) is 1.49. The van der Waals surface area contributed by atoms with Gasteiger partial charge in [0.05, 0.1) is 5.75 Å². The Kier molecular flexibility index (Phi) is 6.70. The molecular formula is C24H28F2N4O2S. The molecule has 0 saturated carbocycles. The normalized spacial score (nSPS) is 17.6. The van der Waals surface area contributed by atoms with Crippen molar-refractivity contribution in [1.82, 2.24) is 19.8 Å². The Morgan fingerprint density at radius 1 is 1.00 bits per heavy atom. The fourth-order valence-corrected chi connectivity index (χ4v) is 5.58. The number of hydrogen-bond acceptors (Lipinski definition) is 5. The number of aromatic nitrogens is 2. The zero-order valence-electron chi connectivity index (χ0n) is 19.2. The van der Waals surface area contributed by atoms with Crippen LogP contribution in [0, 0.1) is 37.8 Å². The number of carbonyl (C=O) groups is 2. The van der Waals surface area contributed by atoms with Gasteiger partial charge in [-0.3, -0.25) is 9.59 Å². The standard InChI is InChI=1S/C24H28F2N4O2S/c1-15-4-5-18(25)20(21(15)26)22(32)29-9-6-24(7-10-29)8-11-30(14-24)19(31)13-33-23-27-16(2)12-17(3)28-23/h4-5,12H,6-11,13-14H2,1-3H3. The van der Waals surface area contributed by atoms with Crippen molar-refractivity contribution in [3.05, 3.63) is 52.3 Å². The van der Waals surface area contributed by atoms with Crippen molar-refractivity contribution in [2.75, 3.05) is 31.9 Å². The molecule has 0 bridgehead atoms. The highest BCUT2D eigenvalue weighted by molar-refractivity contribution is 7.99. The molecule has 2 saturated heterocycles. The Hall–Kier alpha value is -2.55. The molecule has 33 heavy (non-hydrogen) atoms. The lowest BCUT2D eigenvalue weighted by molar-refractivity contribution is -0.127. The molecule has 3 heterocycles. The van der Waals surface area contributed by atoms with Crippen LogP contribution in [0.15, 0.2) is 23.4 Å². The molecule has 2 amide bonds. The van der Waals surface area contributed by atoms with E-state index in [2.05, 4.69) is 9.97 Å². The molecule has 9 heteroatoms. The van der Waals surface area contributed by atoms with Gasteiger partial charge in [0, 0.05) is 37.6 Å². The van der Waals surface area contributed by atoms with Crippen LogP contribution >= 0.6 is 11.8 Å². The Morgan fingerprint density at radius 3 is 2.24 bits per heavy atom. The maximum atomic E-state index is 14.4. The summed E-state index contributed by atoms with van der Waals surface area (Å²) in [5, 5.41) is 0.609. The minimum absolute atomic E-state index is 0.0444. The molecule has 0 radical (unpaired) electrons. The number of amides is 2. The number of piperidine rings is 1. The summed E-state index contributed by atoms with van der Waals surface area (Å²) in [6, 6.07) is 4.37. The van der Waals surface area contributed by atoms with Crippen molar-refractivity contribution in [1.29, 1.82) is 0 Å². The zero-order chi connectivity index (χ0) is 23.8. The number of likely N-dealkylation sites (tertiary alicyclic amines) is 2. The maximum absolute atomic E-state index is 14.4. The summed E-state index contributed by atoms with van der Waals surface area (Å²) >= 11 is 1.35. The molecule has 2 aromatic rings. The fraction of sp³-hybridized carbons (Fsp3) is 0.500. The summed E-state index contributed by atoms with van der Waals surface area (Å²) in [7, 11) is 0. The van der Waals surface area contributed by atoms with E-state index in [1.165, 1.54) is 29.7 Å². The number of halogens is 2. The Bertz CT molecular complexity index is 1070. The fourth-order valence-electron chi connectivity index (χ4n) is 4.73. The molecule has 2 aliphatic heterocycles. The predicted octanol–water partition coefficient (Wildman–Crippen LogP) is 3.93. The van der Waals surface area contributed by atoms with Gasteiger partial charge in [-0.2, -0.15) is 0 Å². The summed E-state index contributed by atoms with van der Waals surface area (Å²) < 4.78 is 28.6. The first-order valence-electron chi connectivity index (χ1n) is 11.1. The topological polar surface area (TPSA) is 66.4 Å². The second-order valence-electron chi connectivity index (χ2n) is 9.13. The van der Waals surface area contributed by atoms with E-state index in [1.807, 2.05) is 24.8 Å². The lowest BCUT2D eigenvalue weighted by atomic mass is 9.77. The van der Waals surface area contributed by atoms with Gasteiger partial charge in [0.15, 0.2) is 5.16 Å². The third-order valence-electron chi connectivity index (χ3n) is 6.69. The third-order valence-corrected chi connectivity index (χ3v) is 7.52.